The van der Waals surface area contributed by atoms with Crippen molar-refractivity contribution in [2.75, 3.05) is 26.2 Å². The molecule has 3 nitrogen and oxygen atoms in total. The van der Waals surface area contributed by atoms with E-state index in [-0.39, 0.29) is 5.78 Å². The van der Waals surface area contributed by atoms with Gasteiger partial charge >= 0.3 is 0 Å². The summed E-state index contributed by atoms with van der Waals surface area (Å²) < 4.78 is 5.71. The normalized spacial score (nSPS) is 19.7. The van der Waals surface area contributed by atoms with Gasteiger partial charge < -0.3 is 9.64 Å². The molecule has 0 saturated carbocycles. The van der Waals surface area contributed by atoms with E-state index in [9.17, 15) is 4.79 Å². The van der Waals surface area contributed by atoms with E-state index < -0.39 is 0 Å². The quantitative estimate of drug-likeness (QED) is 0.752. The largest absolute Gasteiger partial charge is 0.377 e. The summed E-state index contributed by atoms with van der Waals surface area (Å²) in [6.45, 7) is 9.80. The smallest absolute Gasteiger partial charge is 0.164 e. The predicted octanol–water partition coefficient (Wildman–Crippen LogP) is 3.38. The Hall–Kier alpha value is -1.19. The Bertz CT molecular complexity index is 462. The minimum Gasteiger partial charge on any atom is -0.377 e. The fourth-order valence-electron chi connectivity index (χ4n) is 3.13. The van der Waals surface area contributed by atoms with Crippen LogP contribution in [0.2, 0.25) is 0 Å². The van der Waals surface area contributed by atoms with Gasteiger partial charge in [-0.05, 0) is 52.3 Å². The fourth-order valence-corrected chi connectivity index (χ4v) is 3.13. The maximum Gasteiger partial charge on any atom is 0.164 e. The van der Waals surface area contributed by atoms with Crippen LogP contribution in [0, 0.1) is 13.8 Å². The summed E-state index contributed by atoms with van der Waals surface area (Å²) in [6.07, 6.45) is 3.26. The van der Waals surface area contributed by atoms with Gasteiger partial charge in [-0.3, -0.25) is 4.79 Å². The number of ether oxygens (including phenoxy) is 1. The molecule has 3 heteroatoms. The van der Waals surface area contributed by atoms with Crippen molar-refractivity contribution in [2.45, 2.75) is 46.1 Å². The summed E-state index contributed by atoms with van der Waals surface area (Å²) in [5.74, 6) is 0.250. The number of piperidine rings is 1. The number of aryl methyl sites for hydroxylation is 2. The van der Waals surface area contributed by atoms with E-state index >= 15 is 0 Å². The average molecular weight is 289 g/mol. The lowest BCUT2D eigenvalue weighted by Crippen LogP contribution is -2.40. The molecular formula is C18H27NO2. The Morgan fingerprint density at radius 1 is 1.29 bits per heavy atom. The molecule has 1 unspecified atom stereocenters. The maximum absolute atomic E-state index is 12.3. The second-order valence-electron chi connectivity index (χ2n) is 6.07. The molecule has 0 bridgehead atoms. The van der Waals surface area contributed by atoms with Gasteiger partial charge in [-0.15, -0.1) is 0 Å². The van der Waals surface area contributed by atoms with E-state index in [4.69, 9.17) is 4.74 Å². The van der Waals surface area contributed by atoms with Crippen molar-refractivity contribution in [1.82, 2.24) is 4.90 Å². The monoisotopic (exact) mass is 289 g/mol. The first kappa shape index (κ1) is 16.2. The summed E-state index contributed by atoms with van der Waals surface area (Å²) in [7, 11) is 0. The first-order valence-corrected chi connectivity index (χ1v) is 8.04. The van der Waals surface area contributed by atoms with Gasteiger partial charge in [0, 0.05) is 31.7 Å². The summed E-state index contributed by atoms with van der Waals surface area (Å²) >= 11 is 0. The molecule has 0 aliphatic carbocycles. The van der Waals surface area contributed by atoms with Gasteiger partial charge in [-0.2, -0.15) is 0 Å². The molecule has 1 aliphatic heterocycles. The van der Waals surface area contributed by atoms with E-state index in [0.717, 1.165) is 49.4 Å². The van der Waals surface area contributed by atoms with E-state index in [0.29, 0.717) is 12.5 Å². The maximum atomic E-state index is 12.3. The molecule has 21 heavy (non-hydrogen) atoms. The third kappa shape index (κ3) is 4.94. The molecule has 0 amide bonds. The summed E-state index contributed by atoms with van der Waals surface area (Å²) in [5.41, 5.74) is 3.17. The number of nitrogens with zero attached hydrogens (tertiary/aromatic N) is 1. The molecule has 1 heterocycles. The number of Topliss-reactive ketones (excluding diaryl/α,β-unsaturated/α-hetero) is 1. The number of rotatable bonds is 6. The number of hydrogen-bond acceptors (Lipinski definition) is 3. The Labute approximate surface area is 128 Å². The molecule has 1 saturated heterocycles. The van der Waals surface area contributed by atoms with Crippen molar-refractivity contribution in [3.63, 3.8) is 0 Å². The molecule has 1 aromatic rings. The van der Waals surface area contributed by atoms with Crippen molar-refractivity contribution in [2.24, 2.45) is 0 Å². The van der Waals surface area contributed by atoms with E-state index in [1.807, 2.05) is 32.9 Å². The van der Waals surface area contributed by atoms with E-state index in [2.05, 4.69) is 11.0 Å². The van der Waals surface area contributed by atoms with Gasteiger partial charge in [0.2, 0.25) is 0 Å². The lowest BCUT2D eigenvalue weighted by atomic mass is 10.0. The van der Waals surface area contributed by atoms with Crippen molar-refractivity contribution in [1.29, 1.82) is 0 Å². The fraction of sp³-hybridized carbons (Fsp3) is 0.611. The Kier molecular flexibility index (Phi) is 5.95. The summed E-state index contributed by atoms with van der Waals surface area (Å²) in [4.78, 5) is 14.7. The molecule has 0 aromatic heterocycles. The molecule has 1 aromatic carbocycles. The molecule has 2 rings (SSSR count). The second kappa shape index (κ2) is 7.71. The van der Waals surface area contributed by atoms with Crippen LogP contribution in [0.25, 0.3) is 0 Å². The van der Waals surface area contributed by atoms with Crippen LogP contribution >= 0.6 is 0 Å². The van der Waals surface area contributed by atoms with Crippen molar-refractivity contribution in [3.8, 4) is 0 Å². The van der Waals surface area contributed by atoms with Gasteiger partial charge in [0.25, 0.3) is 0 Å². The lowest BCUT2D eigenvalue weighted by Gasteiger charge is -2.32. The van der Waals surface area contributed by atoms with Crippen LogP contribution < -0.4 is 0 Å². The van der Waals surface area contributed by atoms with Gasteiger partial charge in [0.1, 0.15) is 0 Å². The highest BCUT2D eigenvalue weighted by Crippen LogP contribution is 2.15. The standard InChI is InChI=1S/C18H27NO2/c1-4-21-17-6-5-8-19(13-17)9-7-18(20)16-11-14(2)10-15(3)12-16/h10-12,17H,4-9,13H2,1-3H3. The average Bonchev–Trinajstić information content (AvgIpc) is 2.44. The van der Waals surface area contributed by atoms with Crippen LogP contribution in [0.5, 0.6) is 0 Å². The van der Waals surface area contributed by atoms with E-state index in [1.165, 1.54) is 6.42 Å². The Morgan fingerprint density at radius 2 is 2.00 bits per heavy atom. The highest BCUT2D eigenvalue weighted by molar-refractivity contribution is 5.96. The van der Waals surface area contributed by atoms with Gasteiger partial charge in [0.05, 0.1) is 6.10 Å². The molecule has 1 fully saturated rings. The predicted molar refractivity (Wildman–Crippen MR) is 86.0 cm³/mol. The van der Waals surface area contributed by atoms with Crippen LogP contribution in [-0.4, -0.2) is 43.0 Å². The molecule has 0 radical (unpaired) electrons. The first-order valence-electron chi connectivity index (χ1n) is 8.04. The van der Waals surface area contributed by atoms with Gasteiger partial charge in [-0.1, -0.05) is 17.2 Å². The first-order chi connectivity index (χ1) is 10.1. The highest BCUT2D eigenvalue weighted by Gasteiger charge is 2.20. The number of hydrogen-bond donors (Lipinski definition) is 0. The third-order valence-electron chi connectivity index (χ3n) is 4.06. The number of benzene rings is 1. The minimum atomic E-state index is 0.250. The number of ketones is 1. The Balaban J connectivity index is 1.86. The van der Waals surface area contributed by atoms with Crippen LogP contribution in [-0.2, 0) is 4.74 Å². The van der Waals surface area contributed by atoms with Crippen molar-refractivity contribution >= 4 is 5.78 Å². The van der Waals surface area contributed by atoms with E-state index in [1.54, 1.807) is 0 Å². The zero-order valence-corrected chi connectivity index (χ0v) is 13.5. The number of likely N-dealkylation sites (tertiary alicyclic amines) is 1. The second-order valence-corrected chi connectivity index (χ2v) is 6.07. The van der Waals surface area contributed by atoms with Crippen LogP contribution in [0.15, 0.2) is 18.2 Å². The number of carbonyl (C=O) groups is 1. The molecule has 116 valence electrons. The molecule has 0 N–H and O–H groups in total. The third-order valence-corrected chi connectivity index (χ3v) is 4.06. The minimum absolute atomic E-state index is 0.250. The highest BCUT2D eigenvalue weighted by atomic mass is 16.5. The zero-order chi connectivity index (χ0) is 15.2. The SMILES string of the molecule is CCOC1CCCN(CCC(=O)c2cc(C)cc(C)c2)C1. The van der Waals surface area contributed by atoms with Crippen LogP contribution in [0.3, 0.4) is 0 Å². The van der Waals surface area contributed by atoms with Crippen LogP contribution in [0.4, 0.5) is 0 Å². The molecule has 0 spiro atoms. The topological polar surface area (TPSA) is 29.5 Å². The van der Waals surface area contributed by atoms with Crippen molar-refractivity contribution in [3.05, 3.63) is 34.9 Å². The van der Waals surface area contributed by atoms with Crippen LogP contribution in [0.1, 0.15) is 47.7 Å². The molecule has 1 aliphatic rings. The van der Waals surface area contributed by atoms with Crippen molar-refractivity contribution < 1.29 is 9.53 Å². The number of carbonyl (C=O) groups excluding carboxylic acids is 1. The Morgan fingerprint density at radius 3 is 2.67 bits per heavy atom. The molecular weight excluding hydrogens is 262 g/mol. The molecule has 1 atom stereocenters. The van der Waals surface area contributed by atoms with Gasteiger partial charge in [0.15, 0.2) is 5.78 Å². The summed E-state index contributed by atoms with van der Waals surface area (Å²) in [6, 6.07) is 6.09. The summed E-state index contributed by atoms with van der Waals surface area (Å²) in [5, 5.41) is 0. The lowest BCUT2D eigenvalue weighted by molar-refractivity contribution is 0.00589. The van der Waals surface area contributed by atoms with Gasteiger partial charge in [-0.25, -0.2) is 0 Å². The zero-order valence-electron chi connectivity index (χ0n) is 13.5.